The molecule has 3 aromatic rings. The summed E-state index contributed by atoms with van der Waals surface area (Å²) in [5.74, 6) is -0.625. The Morgan fingerprint density at radius 3 is 2.16 bits per heavy atom. The van der Waals surface area contributed by atoms with Crippen molar-refractivity contribution in [3.8, 4) is 11.5 Å². The molecule has 0 atom stereocenters. The van der Waals surface area contributed by atoms with Gasteiger partial charge in [-0.1, -0.05) is 34.1 Å². The van der Waals surface area contributed by atoms with Crippen LogP contribution in [0.3, 0.4) is 0 Å². The zero-order chi connectivity index (χ0) is 23.1. The first kappa shape index (κ1) is 23.0. The number of ether oxygens (including phenoxy) is 2. The van der Waals surface area contributed by atoms with Crippen LogP contribution >= 0.6 is 15.9 Å². The van der Waals surface area contributed by atoms with Crippen molar-refractivity contribution in [2.45, 2.75) is 0 Å². The van der Waals surface area contributed by atoms with E-state index in [0.717, 1.165) is 0 Å². The second kappa shape index (κ2) is 10.6. The van der Waals surface area contributed by atoms with E-state index >= 15 is 0 Å². The molecular formula is C24H20BrFN2O4. The predicted molar refractivity (Wildman–Crippen MR) is 126 cm³/mol. The van der Waals surface area contributed by atoms with Gasteiger partial charge >= 0.3 is 0 Å². The van der Waals surface area contributed by atoms with Crippen molar-refractivity contribution in [3.63, 3.8) is 0 Å². The highest BCUT2D eigenvalue weighted by Crippen LogP contribution is 2.36. The lowest BCUT2D eigenvalue weighted by molar-refractivity contribution is -0.111. The summed E-state index contributed by atoms with van der Waals surface area (Å²) in [7, 11) is 2.88. The van der Waals surface area contributed by atoms with Crippen molar-refractivity contribution in [1.29, 1.82) is 0 Å². The van der Waals surface area contributed by atoms with Gasteiger partial charge in [-0.3, -0.25) is 9.59 Å². The summed E-state index contributed by atoms with van der Waals surface area (Å²) in [5.41, 5.74) is 1.45. The molecule has 164 valence electrons. The van der Waals surface area contributed by atoms with E-state index in [9.17, 15) is 14.0 Å². The van der Waals surface area contributed by atoms with Crippen molar-refractivity contribution in [1.82, 2.24) is 0 Å². The van der Waals surface area contributed by atoms with E-state index < -0.39 is 11.7 Å². The van der Waals surface area contributed by atoms with Crippen LogP contribution in [0, 0.1) is 5.82 Å². The molecule has 2 N–H and O–H groups in total. The van der Waals surface area contributed by atoms with Crippen LogP contribution in [0.5, 0.6) is 11.5 Å². The average molecular weight is 499 g/mol. The number of carbonyl (C=O) groups is 2. The maximum Gasteiger partial charge on any atom is 0.255 e. The van der Waals surface area contributed by atoms with Gasteiger partial charge in [0.1, 0.15) is 17.3 Å². The van der Waals surface area contributed by atoms with Gasteiger partial charge in [-0.15, -0.1) is 0 Å². The third-order valence-electron chi connectivity index (χ3n) is 4.44. The number of amides is 2. The molecule has 0 unspecified atom stereocenters. The molecule has 0 heterocycles. The standard InChI is InChI=1S/C24H20BrFN2O4/c1-31-21-14-20(28-24(30)15-6-4-3-5-7-15)22(32-2)13-19(21)27-23(29)11-8-16-12-17(25)9-10-18(16)26/h3-14H,1-2H3,(H,27,29)(H,28,30)/b11-8+. The highest BCUT2D eigenvalue weighted by atomic mass is 79.9. The fourth-order valence-corrected chi connectivity index (χ4v) is 3.24. The van der Waals surface area contributed by atoms with Gasteiger partial charge < -0.3 is 20.1 Å². The number of hydrogen-bond donors (Lipinski definition) is 2. The minimum Gasteiger partial charge on any atom is -0.494 e. The van der Waals surface area contributed by atoms with E-state index in [-0.39, 0.29) is 11.5 Å². The van der Waals surface area contributed by atoms with Crippen LogP contribution in [0.4, 0.5) is 15.8 Å². The van der Waals surface area contributed by atoms with E-state index in [4.69, 9.17) is 9.47 Å². The van der Waals surface area contributed by atoms with Gasteiger partial charge in [-0.25, -0.2) is 4.39 Å². The summed E-state index contributed by atoms with van der Waals surface area (Å²) in [5, 5.41) is 5.45. The monoisotopic (exact) mass is 498 g/mol. The first-order chi connectivity index (χ1) is 15.4. The van der Waals surface area contributed by atoms with Crippen LogP contribution in [0.15, 0.2) is 71.2 Å². The van der Waals surface area contributed by atoms with E-state index in [1.54, 1.807) is 42.5 Å². The number of anilines is 2. The molecule has 0 aliphatic heterocycles. The molecule has 0 aliphatic rings. The van der Waals surface area contributed by atoms with Crippen LogP contribution in [0.25, 0.3) is 6.08 Å². The molecule has 0 aliphatic carbocycles. The molecule has 8 heteroatoms. The number of nitrogens with one attached hydrogen (secondary N) is 2. The minimum absolute atomic E-state index is 0.262. The van der Waals surface area contributed by atoms with Crippen LogP contribution in [0.1, 0.15) is 15.9 Å². The second-order valence-corrected chi connectivity index (χ2v) is 7.48. The van der Waals surface area contributed by atoms with Gasteiger partial charge in [-0.2, -0.15) is 0 Å². The summed E-state index contributed by atoms with van der Waals surface area (Å²) < 4.78 is 25.3. The number of hydrogen-bond acceptors (Lipinski definition) is 4. The lowest BCUT2D eigenvalue weighted by atomic mass is 10.2. The summed E-state index contributed by atoms with van der Waals surface area (Å²) in [4.78, 5) is 24.9. The van der Waals surface area contributed by atoms with Crippen molar-refractivity contribution < 1.29 is 23.5 Å². The Balaban J connectivity index is 1.81. The van der Waals surface area contributed by atoms with Gasteiger partial charge in [0, 0.05) is 33.8 Å². The normalized spacial score (nSPS) is 10.6. The number of methoxy groups -OCH3 is 2. The molecule has 6 nitrogen and oxygen atoms in total. The van der Waals surface area contributed by atoms with Crippen molar-refractivity contribution in [3.05, 3.63) is 88.2 Å². The zero-order valence-electron chi connectivity index (χ0n) is 17.3. The predicted octanol–water partition coefficient (Wildman–Crippen LogP) is 5.51. The maximum atomic E-state index is 13.9. The SMILES string of the molecule is COc1cc(NC(=O)c2ccccc2)c(OC)cc1NC(=O)/C=C/c1cc(Br)ccc1F. The summed E-state index contributed by atoms with van der Waals surface area (Å²) in [6.07, 6.45) is 2.58. The molecule has 3 rings (SSSR count). The summed E-state index contributed by atoms with van der Waals surface area (Å²) in [6.45, 7) is 0. The van der Waals surface area contributed by atoms with Crippen molar-refractivity contribution in [2.24, 2.45) is 0 Å². The van der Waals surface area contributed by atoms with Crippen molar-refractivity contribution in [2.75, 3.05) is 24.9 Å². The van der Waals surface area contributed by atoms with Gasteiger partial charge in [0.2, 0.25) is 5.91 Å². The first-order valence-electron chi connectivity index (χ1n) is 9.48. The Kier molecular flexibility index (Phi) is 7.62. The number of benzene rings is 3. The molecule has 0 bridgehead atoms. The number of carbonyl (C=O) groups excluding carboxylic acids is 2. The molecular weight excluding hydrogens is 479 g/mol. The van der Waals surface area contributed by atoms with Crippen LogP contribution in [-0.2, 0) is 4.79 Å². The van der Waals surface area contributed by atoms with Crippen LogP contribution < -0.4 is 20.1 Å². The van der Waals surface area contributed by atoms with E-state index in [2.05, 4.69) is 26.6 Å². The highest BCUT2D eigenvalue weighted by Gasteiger charge is 2.15. The van der Waals surface area contributed by atoms with Gasteiger partial charge in [0.15, 0.2) is 0 Å². The number of rotatable bonds is 7. The molecule has 32 heavy (non-hydrogen) atoms. The third-order valence-corrected chi connectivity index (χ3v) is 4.93. The van der Waals surface area contributed by atoms with E-state index in [1.165, 1.54) is 38.5 Å². The Morgan fingerprint density at radius 2 is 1.53 bits per heavy atom. The smallest absolute Gasteiger partial charge is 0.255 e. The molecule has 0 saturated heterocycles. The minimum atomic E-state index is -0.495. The molecule has 0 aromatic heterocycles. The van der Waals surface area contributed by atoms with E-state index in [1.807, 2.05) is 6.07 Å². The largest absolute Gasteiger partial charge is 0.494 e. The Labute approximate surface area is 193 Å². The number of halogens is 2. The molecule has 0 spiro atoms. The quantitative estimate of drug-likeness (QED) is 0.421. The summed E-state index contributed by atoms with van der Waals surface area (Å²) >= 11 is 3.27. The highest BCUT2D eigenvalue weighted by molar-refractivity contribution is 9.10. The molecule has 2 amide bonds. The lowest BCUT2D eigenvalue weighted by Gasteiger charge is -2.16. The summed E-state index contributed by atoms with van der Waals surface area (Å²) in [6, 6.07) is 16.2. The Bertz CT molecular complexity index is 1170. The van der Waals surface area contributed by atoms with E-state index in [0.29, 0.717) is 32.9 Å². The molecule has 0 fully saturated rings. The van der Waals surface area contributed by atoms with Crippen LogP contribution in [0.2, 0.25) is 0 Å². The Hall–Kier alpha value is -3.65. The molecule has 3 aromatic carbocycles. The first-order valence-corrected chi connectivity index (χ1v) is 10.3. The third kappa shape index (κ3) is 5.73. The van der Waals surface area contributed by atoms with Gasteiger partial charge in [-0.05, 0) is 36.4 Å². The molecule has 0 saturated carbocycles. The molecule has 0 radical (unpaired) electrons. The lowest BCUT2D eigenvalue weighted by Crippen LogP contribution is -2.14. The van der Waals surface area contributed by atoms with Crippen molar-refractivity contribution >= 4 is 45.2 Å². The zero-order valence-corrected chi connectivity index (χ0v) is 18.9. The van der Waals surface area contributed by atoms with Gasteiger partial charge in [0.25, 0.3) is 5.91 Å². The Morgan fingerprint density at radius 1 is 0.906 bits per heavy atom. The maximum absolute atomic E-state index is 13.9. The fraction of sp³-hybridized carbons (Fsp3) is 0.0833. The fourth-order valence-electron chi connectivity index (χ4n) is 2.86. The second-order valence-electron chi connectivity index (χ2n) is 6.56. The average Bonchev–Trinajstić information content (AvgIpc) is 2.80. The van der Waals surface area contributed by atoms with Crippen LogP contribution in [-0.4, -0.2) is 26.0 Å². The topological polar surface area (TPSA) is 76.7 Å². The van der Waals surface area contributed by atoms with Gasteiger partial charge in [0.05, 0.1) is 25.6 Å².